The number of rotatable bonds is 4. The molecule has 0 spiro atoms. The summed E-state index contributed by atoms with van der Waals surface area (Å²) in [5, 5.41) is 10.1. The highest BCUT2D eigenvalue weighted by atomic mass is 35.5. The quantitative estimate of drug-likeness (QED) is 0.868. The summed E-state index contributed by atoms with van der Waals surface area (Å²) >= 11 is 12.0. The van der Waals surface area contributed by atoms with Gasteiger partial charge in [0.1, 0.15) is 0 Å². The topological polar surface area (TPSA) is 36.0 Å². The van der Waals surface area contributed by atoms with E-state index in [1.54, 1.807) is 6.07 Å². The third-order valence-corrected chi connectivity index (χ3v) is 3.14. The van der Waals surface area contributed by atoms with Gasteiger partial charge in [0.25, 0.3) is 0 Å². The molecular formula is C13H13Cl2NO. The van der Waals surface area contributed by atoms with Crippen molar-refractivity contribution < 1.29 is 5.11 Å². The summed E-state index contributed by atoms with van der Waals surface area (Å²) < 4.78 is 0. The number of hydrogen-bond donors (Lipinski definition) is 2. The molecule has 1 aromatic heterocycles. The van der Waals surface area contributed by atoms with Crippen molar-refractivity contribution in [1.82, 2.24) is 4.98 Å². The number of nitrogens with one attached hydrogen (secondary N) is 1. The summed E-state index contributed by atoms with van der Waals surface area (Å²) in [5.41, 5.74) is 3.10. The average Bonchev–Trinajstić information content (AvgIpc) is 2.75. The van der Waals surface area contributed by atoms with Gasteiger partial charge in [-0.15, -0.1) is 0 Å². The standard InChI is InChI=1S/C13H13Cl2NO/c14-10-3-4-12(13(15)7-10)9-6-11(16-8-9)2-1-5-17/h3-4,6-8,16-17H,1-2,5H2. The van der Waals surface area contributed by atoms with Crippen molar-refractivity contribution >= 4 is 23.2 Å². The van der Waals surface area contributed by atoms with Crippen LogP contribution in [0.15, 0.2) is 30.5 Å². The normalized spacial score (nSPS) is 10.8. The number of aryl methyl sites for hydroxylation is 1. The van der Waals surface area contributed by atoms with Crippen molar-refractivity contribution in [1.29, 1.82) is 0 Å². The molecule has 4 heteroatoms. The summed E-state index contributed by atoms with van der Waals surface area (Å²) in [6, 6.07) is 7.51. The molecule has 2 aromatic rings. The number of benzene rings is 1. The Hall–Kier alpha value is -0.960. The van der Waals surface area contributed by atoms with Crippen LogP contribution >= 0.6 is 23.2 Å². The first-order chi connectivity index (χ1) is 8.20. The minimum absolute atomic E-state index is 0.204. The van der Waals surface area contributed by atoms with Gasteiger partial charge in [-0.25, -0.2) is 0 Å². The molecule has 0 aliphatic carbocycles. The number of aromatic amines is 1. The molecule has 2 nitrogen and oxygen atoms in total. The van der Waals surface area contributed by atoms with E-state index in [1.807, 2.05) is 24.4 Å². The lowest BCUT2D eigenvalue weighted by Gasteiger charge is -2.01. The maximum Gasteiger partial charge on any atom is 0.0499 e. The minimum atomic E-state index is 0.204. The Morgan fingerprint density at radius 1 is 1.18 bits per heavy atom. The molecule has 0 amide bonds. The molecule has 1 heterocycles. The number of aliphatic hydroxyl groups excluding tert-OH is 1. The fraction of sp³-hybridized carbons (Fsp3) is 0.231. The first kappa shape index (κ1) is 12.5. The Kier molecular flexibility index (Phi) is 4.11. The zero-order chi connectivity index (χ0) is 12.3. The van der Waals surface area contributed by atoms with Gasteiger partial charge < -0.3 is 10.1 Å². The van der Waals surface area contributed by atoms with Crippen LogP contribution in [-0.4, -0.2) is 16.7 Å². The molecule has 0 atom stereocenters. The molecular weight excluding hydrogens is 257 g/mol. The van der Waals surface area contributed by atoms with Gasteiger partial charge in [0.05, 0.1) is 0 Å². The van der Waals surface area contributed by atoms with Crippen molar-refractivity contribution in [2.75, 3.05) is 6.61 Å². The highest BCUT2D eigenvalue weighted by Gasteiger charge is 2.06. The molecule has 90 valence electrons. The van der Waals surface area contributed by atoms with E-state index in [0.717, 1.165) is 29.7 Å². The number of aliphatic hydroxyl groups is 1. The molecule has 0 aliphatic rings. The van der Waals surface area contributed by atoms with E-state index in [-0.39, 0.29) is 6.61 Å². The number of hydrogen-bond acceptors (Lipinski definition) is 1. The molecule has 2 N–H and O–H groups in total. The molecule has 0 radical (unpaired) electrons. The molecule has 2 rings (SSSR count). The lowest BCUT2D eigenvalue weighted by atomic mass is 10.1. The summed E-state index contributed by atoms with van der Waals surface area (Å²) in [6.45, 7) is 0.204. The lowest BCUT2D eigenvalue weighted by Crippen LogP contribution is -1.88. The predicted molar refractivity (Wildman–Crippen MR) is 71.7 cm³/mol. The van der Waals surface area contributed by atoms with Gasteiger partial charge in [-0.3, -0.25) is 0 Å². The molecule has 0 unspecified atom stereocenters. The van der Waals surface area contributed by atoms with Gasteiger partial charge in [0, 0.05) is 39.7 Å². The van der Waals surface area contributed by atoms with Gasteiger partial charge in [-0.1, -0.05) is 29.3 Å². The van der Waals surface area contributed by atoms with Gasteiger partial charge in [0.15, 0.2) is 0 Å². The van der Waals surface area contributed by atoms with E-state index in [0.29, 0.717) is 10.0 Å². The largest absolute Gasteiger partial charge is 0.396 e. The van der Waals surface area contributed by atoms with Gasteiger partial charge in [-0.05, 0) is 31.0 Å². The van der Waals surface area contributed by atoms with Crippen LogP contribution in [0.1, 0.15) is 12.1 Å². The van der Waals surface area contributed by atoms with E-state index in [4.69, 9.17) is 28.3 Å². The maximum atomic E-state index is 8.78. The monoisotopic (exact) mass is 269 g/mol. The van der Waals surface area contributed by atoms with Crippen LogP contribution in [0.5, 0.6) is 0 Å². The molecule has 17 heavy (non-hydrogen) atoms. The summed E-state index contributed by atoms with van der Waals surface area (Å²) in [6.07, 6.45) is 3.51. The van der Waals surface area contributed by atoms with Gasteiger partial charge in [0.2, 0.25) is 0 Å². The van der Waals surface area contributed by atoms with Gasteiger partial charge >= 0.3 is 0 Å². The molecule has 0 fully saturated rings. The predicted octanol–water partition coefficient (Wildman–Crippen LogP) is 3.91. The highest BCUT2D eigenvalue weighted by Crippen LogP contribution is 2.30. The molecule has 1 aromatic carbocycles. The van der Waals surface area contributed by atoms with Crippen LogP contribution in [0.2, 0.25) is 10.0 Å². The summed E-state index contributed by atoms with van der Waals surface area (Å²) in [7, 11) is 0. The Labute approximate surface area is 110 Å². The van der Waals surface area contributed by atoms with E-state index in [2.05, 4.69) is 4.98 Å². The van der Waals surface area contributed by atoms with Crippen LogP contribution in [0.3, 0.4) is 0 Å². The van der Waals surface area contributed by atoms with Crippen LogP contribution < -0.4 is 0 Å². The van der Waals surface area contributed by atoms with E-state index in [1.165, 1.54) is 0 Å². The Balaban J connectivity index is 2.24. The fourth-order valence-corrected chi connectivity index (χ4v) is 2.25. The van der Waals surface area contributed by atoms with E-state index >= 15 is 0 Å². The van der Waals surface area contributed by atoms with Crippen LogP contribution in [0, 0.1) is 0 Å². The van der Waals surface area contributed by atoms with Gasteiger partial charge in [-0.2, -0.15) is 0 Å². The average molecular weight is 270 g/mol. The molecule has 0 aliphatic heterocycles. The van der Waals surface area contributed by atoms with Crippen LogP contribution in [0.25, 0.3) is 11.1 Å². The SMILES string of the molecule is OCCCc1cc(-c2ccc(Cl)cc2Cl)c[nH]1. The number of aromatic nitrogens is 1. The van der Waals surface area contributed by atoms with Crippen molar-refractivity contribution in [3.63, 3.8) is 0 Å². The Morgan fingerprint density at radius 3 is 2.71 bits per heavy atom. The number of H-pyrrole nitrogens is 1. The van der Waals surface area contributed by atoms with Crippen molar-refractivity contribution in [3.05, 3.63) is 46.2 Å². The lowest BCUT2D eigenvalue weighted by molar-refractivity contribution is 0.288. The zero-order valence-corrected chi connectivity index (χ0v) is 10.7. The minimum Gasteiger partial charge on any atom is -0.396 e. The Morgan fingerprint density at radius 2 is 2.00 bits per heavy atom. The second-order valence-corrected chi connectivity index (χ2v) is 4.71. The van der Waals surface area contributed by atoms with Crippen LogP contribution in [0.4, 0.5) is 0 Å². The first-order valence-corrected chi connectivity index (χ1v) is 6.20. The zero-order valence-electron chi connectivity index (χ0n) is 9.21. The van der Waals surface area contributed by atoms with E-state index < -0.39 is 0 Å². The van der Waals surface area contributed by atoms with E-state index in [9.17, 15) is 0 Å². The third kappa shape index (κ3) is 3.03. The fourth-order valence-electron chi connectivity index (χ4n) is 1.73. The molecule has 0 saturated carbocycles. The van der Waals surface area contributed by atoms with Crippen LogP contribution in [-0.2, 0) is 6.42 Å². The van der Waals surface area contributed by atoms with Crippen molar-refractivity contribution in [3.8, 4) is 11.1 Å². The maximum absolute atomic E-state index is 8.78. The highest BCUT2D eigenvalue weighted by molar-refractivity contribution is 6.36. The second-order valence-electron chi connectivity index (χ2n) is 3.86. The Bertz CT molecular complexity index is 508. The first-order valence-electron chi connectivity index (χ1n) is 5.44. The van der Waals surface area contributed by atoms with Crippen molar-refractivity contribution in [2.24, 2.45) is 0 Å². The smallest absolute Gasteiger partial charge is 0.0499 e. The summed E-state index contributed by atoms with van der Waals surface area (Å²) in [5.74, 6) is 0. The van der Waals surface area contributed by atoms with Crippen molar-refractivity contribution in [2.45, 2.75) is 12.8 Å². The molecule has 0 saturated heterocycles. The third-order valence-electron chi connectivity index (χ3n) is 2.59. The second kappa shape index (κ2) is 5.58. The summed E-state index contributed by atoms with van der Waals surface area (Å²) in [4.78, 5) is 3.18. The molecule has 0 bridgehead atoms. The number of halogens is 2.